The third-order valence-electron chi connectivity index (χ3n) is 4.76. The maximum absolute atomic E-state index is 12.6. The maximum atomic E-state index is 12.6. The summed E-state index contributed by atoms with van der Waals surface area (Å²) in [6, 6.07) is 7.50. The molecule has 1 unspecified atom stereocenters. The third-order valence-corrected chi connectivity index (χ3v) is 4.76. The van der Waals surface area contributed by atoms with Gasteiger partial charge in [0.1, 0.15) is 12.4 Å². The number of piperazine rings is 1. The Morgan fingerprint density at radius 3 is 2.58 bits per heavy atom. The highest BCUT2D eigenvalue weighted by atomic mass is 16.5. The molecule has 2 aliphatic heterocycles. The van der Waals surface area contributed by atoms with Crippen molar-refractivity contribution in [3.05, 3.63) is 29.8 Å². The van der Waals surface area contributed by atoms with E-state index in [-0.39, 0.29) is 12.0 Å². The molecule has 24 heavy (non-hydrogen) atoms. The molecule has 2 heterocycles. The lowest BCUT2D eigenvalue weighted by Crippen LogP contribution is -2.48. The number of nitrogens with zero attached hydrogens (tertiary/aromatic N) is 2. The summed E-state index contributed by atoms with van der Waals surface area (Å²) < 4.78 is 11.3. The van der Waals surface area contributed by atoms with E-state index in [1.54, 1.807) is 0 Å². The Hall–Kier alpha value is -1.59. The van der Waals surface area contributed by atoms with Crippen LogP contribution < -0.4 is 4.74 Å². The molecule has 2 saturated heterocycles. The second-order valence-corrected chi connectivity index (χ2v) is 6.60. The lowest BCUT2D eigenvalue weighted by Gasteiger charge is -2.34. The Bertz CT molecular complexity index is 518. The van der Waals surface area contributed by atoms with Crippen LogP contribution in [0.25, 0.3) is 0 Å². The van der Waals surface area contributed by atoms with Crippen LogP contribution in [0.15, 0.2) is 24.3 Å². The second kappa shape index (κ2) is 8.49. The van der Waals surface area contributed by atoms with Gasteiger partial charge in [0.25, 0.3) is 5.91 Å². The van der Waals surface area contributed by atoms with Gasteiger partial charge in [-0.2, -0.15) is 0 Å². The zero-order chi connectivity index (χ0) is 16.8. The zero-order valence-electron chi connectivity index (χ0n) is 14.6. The van der Waals surface area contributed by atoms with Crippen LogP contribution in [0.5, 0.6) is 5.75 Å². The standard InChI is InChI=1S/C19H28N2O3/c1-2-9-20-10-12-21(13-11-20)19(22)16-5-7-17(8-6-16)24-15-18-4-3-14-23-18/h5-8,18H,2-4,9-15H2,1H3. The third kappa shape index (κ3) is 4.48. The van der Waals surface area contributed by atoms with Crippen LogP contribution in [0.4, 0.5) is 0 Å². The fourth-order valence-electron chi connectivity index (χ4n) is 3.33. The average molecular weight is 332 g/mol. The number of benzene rings is 1. The van der Waals surface area contributed by atoms with Crippen LogP contribution in [0.2, 0.25) is 0 Å². The van der Waals surface area contributed by atoms with E-state index in [0.29, 0.717) is 6.61 Å². The Labute approximate surface area is 144 Å². The lowest BCUT2D eigenvalue weighted by molar-refractivity contribution is 0.0635. The Balaban J connectivity index is 1.48. The Morgan fingerprint density at radius 2 is 1.96 bits per heavy atom. The van der Waals surface area contributed by atoms with E-state index in [1.807, 2.05) is 29.2 Å². The van der Waals surface area contributed by atoms with Gasteiger partial charge in [-0.3, -0.25) is 9.69 Å². The Kier molecular flexibility index (Phi) is 6.10. The molecule has 2 aliphatic rings. The van der Waals surface area contributed by atoms with Crippen LogP contribution in [-0.2, 0) is 4.74 Å². The van der Waals surface area contributed by atoms with Crippen LogP contribution in [0.1, 0.15) is 36.5 Å². The monoisotopic (exact) mass is 332 g/mol. The van der Waals surface area contributed by atoms with E-state index in [4.69, 9.17) is 9.47 Å². The molecular formula is C19H28N2O3. The van der Waals surface area contributed by atoms with Gasteiger partial charge < -0.3 is 14.4 Å². The first kappa shape index (κ1) is 17.2. The molecule has 0 bridgehead atoms. The van der Waals surface area contributed by atoms with E-state index in [2.05, 4.69) is 11.8 Å². The first-order chi connectivity index (χ1) is 11.8. The fourth-order valence-corrected chi connectivity index (χ4v) is 3.33. The summed E-state index contributed by atoms with van der Waals surface area (Å²) in [7, 11) is 0. The molecule has 1 aromatic carbocycles. The van der Waals surface area contributed by atoms with Crippen molar-refractivity contribution in [3.63, 3.8) is 0 Å². The van der Waals surface area contributed by atoms with Crippen LogP contribution in [-0.4, -0.2) is 67.7 Å². The molecule has 132 valence electrons. The first-order valence-corrected chi connectivity index (χ1v) is 9.12. The number of carbonyl (C=O) groups excluding carboxylic acids is 1. The number of hydrogen-bond donors (Lipinski definition) is 0. The number of amides is 1. The molecule has 0 spiro atoms. The summed E-state index contributed by atoms with van der Waals surface area (Å²) in [5.41, 5.74) is 0.739. The van der Waals surface area contributed by atoms with Crippen molar-refractivity contribution in [2.24, 2.45) is 0 Å². The quantitative estimate of drug-likeness (QED) is 0.802. The van der Waals surface area contributed by atoms with Gasteiger partial charge in [-0.05, 0) is 50.1 Å². The van der Waals surface area contributed by atoms with Crippen molar-refractivity contribution in [2.45, 2.75) is 32.3 Å². The van der Waals surface area contributed by atoms with Crippen LogP contribution >= 0.6 is 0 Å². The van der Waals surface area contributed by atoms with Crippen molar-refractivity contribution in [1.82, 2.24) is 9.80 Å². The highest BCUT2D eigenvalue weighted by Crippen LogP contribution is 2.18. The molecule has 2 fully saturated rings. The minimum Gasteiger partial charge on any atom is -0.491 e. The SMILES string of the molecule is CCCN1CCN(C(=O)c2ccc(OCC3CCCO3)cc2)CC1. The zero-order valence-corrected chi connectivity index (χ0v) is 14.6. The van der Waals surface area contributed by atoms with Crippen molar-refractivity contribution in [2.75, 3.05) is 45.9 Å². The van der Waals surface area contributed by atoms with Gasteiger partial charge in [0.2, 0.25) is 0 Å². The molecule has 5 heteroatoms. The number of carbonyl (C=O) groups is 1. The van der Waals surface area contributed by atoms with E-state index >= 15 is 0 Å². The number of rotatable bonds is 6. The Morgan fingerprint density at radius 1 is 1.21 bits per heavy atom. The highest BCUT2D eigenvalue weighted by molar-refractivity contribution is 5.94. The summed E-state index contributed by atoms with van der Waals surface area (Å²) in [4.78, 5) is 17.0. The van der Waals surface area contributed by atoms with Gasteiger partial charge in [0.15, 0.2) is 0 Å². The molecule has 1 amide bonds. The summed E-state index contributed by atoms with van der Waals surface area (Å²) in [5, 5.41) is 0. The summed E-state index contributed by atoms with van der Waals surface area (Å²) >= 11 is 0. The molecular weight excluding hydrogens is 304 g/mol. The topological polar surface area (TPSA) is 42.0 Å². The van der Waals surface area contributed by atoms with Gasteiger partial charge in [-0.25, -0.2) is 0 Å². The molecule has 5 nitrogen and oxygen atoms in total. The van der Waals surface area contributed by atoms with Crippen LogP contribution in [0, 0.1) is 0 Å². The molecule has 3 rings (SSSR count). The summed E-state index contributed by atoms with van der Waals surface area (Å²) in [6.45, 7) is 8.33. The average Bonchev–Trinajstić information content (AvgIpc) is 3.14. The molecule has 0 aliphatic carbocycles. The molecule has 1 aromatic rings. The smallest absolute Gasteiger partial charge is 0.253 e. The predicted molar refractivity (Wildman–Crippen MR) is 93.5 cm³/mol. The molecule has 1 atom stereocenters. The van der Waals surface area contributed by atoms with Crippen molar-refractivity contribution in [1.29, 1.82) is 0 Å². The van der Waals surface area contributed by atoms with Crippen molar-refractivity contribution in [3.8, 4) is 5.75 Å². The largest absolute Gasteiger partial charge is 0.491 e. The summed E-state index contributed by atoms with van der Waals surface area (Å²) in [5.74, 6) is 0.923. The van der Waals surface area contributed by atoms with Crippen molar-refractivity contribution >= 4 is 5.91 Å². The van der Waals surface area contributed by atoms with Crippen LogP contribution in [0.3, 0.4) is 0 Å². The lowest BCUT2D eigenvalue weighted by atomic mass is 10.1. The van der Waals surface area contributed by atoms with E-state index in [1.165, 1.54) is 6.42 Å². The predicted octanol–water partition coefficient (Wildman–Crippen LogP) is 2.41. The molecule has 0 radical (unpaired) electrons. The van der Waals surface area contributed by atoms with Gasteiger partial charge in [-0.1, -0.05) is 6.92 Å². The normalized spacial score (nSPS) is 21.9. The summed E-state index contributed by atoms with van der Waals surface area (Å²) in [6.07, 6.45) is 3.57. The van der Waals surface area contributed by atoms with Gasteiger partial charge in [-0.15, -0.1) is 0 Å². The highest BCUT2D eigenvalue weighted by Gasteiger charge is 2.21. The molecule has 0 N–H and O–H groups in total. The minimum absolute atomic E-state index is 0.122. The van der Waals surface area contributed by atoms with Gasteiger partial charge in [0.05, 0.1) is 6.10 Å². The molecule has 0 aromatic heterocycles. The van der Waals surface area contributed by atoms with Gasteiger partial charge >= 0.3 is 0 Å². The van der Waals surface area contributed by atoms with Crippen molar-refractivity contribution < 1.29 is 14.3 Å². The fraction of sp³-hybridized carbons (Fsp3) is 0.632. The number of hydrogen-bond acceptors (Lipinski definition) is 4. The second-order valence-electron chi connectivity index (χ2n) is 6.60. The first-order valence-electron chi connectivity index (χ1n) is 9.12. The van der Waals surface area contributed by atoms with E-state index < -0.39 is 0 Å². The van der Waals surface area contributed by atoms with E-state index in [9.17, 15) is 4.79 Å². The molecule has 0 saturated carbocycles. The number of ether oxygens (including phenoxy) is 2. The van der Waals surface area contributed by atoms with Gasteiger partial charge in [0, 0.05) is 38.3 Å². The minimum atomic E-state index is 0.122. The van der Waals surface area contributed by atoms with E-state index in [0.717, 1.165) is 63.5 Å². The maximum Gasteiger partial charge on any atom is 0.253 e.